The van der Waals surface area contributed by atoms with Crippen LogP contribution in [0.2, 0.25) is 0 Å². The number of carbonyl (C=O) groups is 1. The van der Waals surface area contributed by atoms with Gasteiger partial charge in [0.2, 0.25) is 0 Å². The lowest BCUT2D eigenvalue weighted by Crippen LogP contribution is -2.24. The predicted molar refractivity (Wildman–Crippen MR) is 58.2 cm³/mol. The van der Waals surface area contributed by atoms with Gasteiger partial charge in [-0.2, -0.15) is 0 Å². The fraction of sp³-hybridized carbons (Fsp3) is 0.417. The summed E-state index contributed by atoms with van der Waals surface area (Å²) in [4.78, 5) is 11.8. The molecule has 0 saturated carbocycles. The molecule has 4 heteroatoms. The minimum atomic E-state index is -0.216. The van der Waals surface area contributed by atoms with E-state index in [9.17, 15) is 15.0 Å². The molecule has 2 N–H and O–H groups in total. The van der Waals surface area contributed by atoms with E-state index in [2.05, 4.69) is 0 Å². The minimum Gasteiger partial charge on any atom is -0.507 e. The molecule has 0 fully saturated rings. The normalized spacial score (nSPS) is 19.1. The number of Topliss-reactive ketones (excluding diaryl/α,β-unsaturated/α-hetero) is 1. The fourth-order valence-corrected chi connectivity index (χ4v) is 2.00. The third kappa shape index (κ3) is 1.50. The first-order valence-corrected chi connectivity index (χ1v) is 5.32. The first-order valence-electron chi connectivity index (χ1n) is 5.32. The second-order valence-electron chi connectivity index (χ2n) is 4.01. The van der Waals surface area contributed by atoms with Crippen molar-refractivity contribution in [1.29, 1.82) is 0 Å². The third-order valence-corrected chi connectivity index (χ3v) is 2.78. The average Bonchev–Trinajstić information content (AvgIpc) is 2.15. The number of benzene rings is 1. The number of phenols is 2. The first kappa shape index (κ1) is 10.8. The van der Waals surface area contributed by atoms with Gasteiger partial charge in [-0.3, -0.25) is 4.79 Å². The molecule has 0 bridgehead atoms. The molecule has 0 aromatic heterocycles. The monoisotopic (exact) mass is 222 g/mol. The van der Waals surface area contributed by atoms with Crippen molar-refractivity contribution in [2.45, 2.75) is 32.8 Å². The van der Waals surface area contributed by atoms with Gasteiger partial charge in [0, 0.05) is 18.1 Å². The maximum absolute atomic E-state index is 11.8. The summed E-state index contributed by atoms with van der Waals surface area (Å²) in [5, 5.41) is 19.6. The molecule has 1 atom stereocenters. The Morgan fingerprint density at radius 2 is 2.19 bits per heavy atom. The summed E-state index contributed by atoms with van der Waals surface area (Å²) < 4.78 is 5.42. The van der Waals surface area contributed by atoms with Gasteiger partial charge in [-0.1, -0.05) is 6.92 Å². The van der Waals surface area contributed by atoms with Crippen LogP contribution >= 0.6 is 0 Å². The number of fused-ring (bicyclic) bond motifs is 1. The number of hydrogen-bond donors (Lipinski definition) is 2. The van der Waals surface area contributed by atoms with E-state index in [0.29, 0.717) is 12.0 Å². The van der Waals surface area contributed by atoms with E-state index in [-0.39, 0.29) is 41.1 Å². The summed E-state index contributed by atoms with van der Waals surface area (Å²) in [6, 6.07) is 1.40. The van der Waals surface area contributed by atoms with Gasteiger partial charge < -0.3 is 14.9 Å². The molecule has 86 valence electrons. The molecular weight excluding hydrogens is 208 g/mol. The molecule has 0 saturated heterocycles. The molecule has 1 aliphatic heterocycles. The molecule has 4 nitrogen and oxygen atoms in total. The van der Waals surface area contributed by atoms with Gasteiger partial charge in [0.15, 0.2) is 5.78 Å². The fourth-order valence-electron chi connectivity index (χ4n) is 2.00. The van der Waals surface area contributed by atoms with Crippen molar-refractivity contribution in [3.05, 3.63) is 17.2 Å². The van der Waals surface area contributed by atoms with Crippen LogP contribution in [0.15, 0.2) is 6.07 Å². The van der Waals surface area contributed by atoms with Crippen molar-refractivity contribution in [2.75, 3.05) is 0 Å². The number of hydrogen-bond acceptors (Lipinski definition) is 4. The van der Waals surface area contributed by atoms with Gasteiger partial charge in [0.05, 0.1) is 0 Å². The second-order valence-corrected chi connectivity index (χ2v) is 4.01. The largest absolute Gasteiger partial charge is 0.507 e. The van der Waals surface area contributed by atoms with Crippen LogP contribution in [0, 0.1) is 0 Å². The molecule has 0 amide bonds. The van der Waals surface area contributed by atoms with Crippen LogP contribution in [0.25, 0.3) is 0 Å². The Hall–Kier alpha value is -1.71. The molecule has 1 aromatic carbocycles. The lowest BCUT2D eigenvalue weighted by atomic mass is 9.96. The highest BCUT2D eigenvalue weighted by Gasteiger charge is 2.29. The molecule has 1 aliphatic rings. The predicted octanol–water partition coefficient (Wildman–Crippen LogP) is 2.01. The number of rotatable bonds is 1. The molecule has 0 unspecified atom stereocenters. The van der Waals surface area contributed by atoms with Crippen LogP contribution in [0.5, 0.6) is 17.2 Å². The highest BCUT2D eigenvalue weighted by atomic mass is 16.5. The minimum absolute atomic E-state index is 0.0272. The zero-order valence-corrected chi connectivity index (χ0v) is 9.28. The van der Waals surface area contributed by atoms with E-state index in [4.69, 9.17) is 4.74 Å². The lowest BCUT2D eigenvalue weighted by Gasteiger charge is -2.24. The van der Waals surface area contributed by atoms with E-state index in [1.54, 1.807) is 13.8 Å². The van der Waals surface area contributed by atoms with Crippen LogP contribution in [0.4, 0.5) is 0 Å². The van der Waals surface area contributed by atoms with E-state index in [1.165, 1.54) is 6.07 Å². The number of carbonyl (C=O) groups excluding carboxylic acids is 1. The number of phenolic OH excluding ortho intramolecular Hbond substituents is 2. The SMILES string of the molecule is CCc1c(O)cc2c(c1O)C(=O)C[C@H](C)O2. The average molecular weight is 222 g/mol. The summed E-state index contributed by atoms with van der Waals surface area (Å²) in [6.07, 6.45) is 0.508. The highest BCUT2D eigenvalue weighted by Crippen LogP contribution is 2.41. The second kappa shape index (κ2) is 3.70. The molecule has 1 aromatic rings. The Kier molecular flexibility index (Phi) is 2.50. The van der Waals surface area contributed by atoms with E-state index < -0.39 is 0 Å². The standard InChI is InChI=1S/C12H14O4/c1-3-7-8(13)5-10-11(12(7)15)9(14)4-6(2)16-10/h5-6,13,15H,3-4H2,1-2H3/t6-/m0/s1. The molecule has 0 radical (unpaired) electrons. The molecule has 2 rings (SSSR count). The molecule has 0 spiro atoms. The Morgan fingerprint density at radius 3 is 2.81 bits per heavy atom. The zero-order valence-electron chi connectivity index (χ0n) is 9.28. The summed E-state index contributed by atoms with van der Waals surface area (Å²) in [5.41, 5.74) is 0.595. The number of ether oxygens (including phenoxy) is 1. The van der Waals surface area contributed by atoms with Gasteiger partial charge in [-0.05, 0) is 13.3 Å². The molecule has 0 aliphatic carbocycles. The topological polar surface area (TPSA) is 66.8 Å². The maximum Gasteiger partial charge on any atom is 0.174 e. The molecule has 1 heterocycles. The van der Waals surface area contributed by atoms with Gasteiger partial charge in [-0.25, -0.2) is 0 Å². The van der Waals surface area contributed by atoms with Crippen molar-refractivity contribution in [2.24, 2.45) is 0 Å². The molecule has 16 heavy (non-hydrogen) atoms. The van der Waals surface area contributed by atoms with Crippen molar-refractivity contribution in [1.82, 2.24) is 0 Å². The Labute approximate surface area is 93.5 Å². The highest BCUT2D eigenvalue weighted by molar-refractivity contribution is 6.03. The summed E-state index contributed by atoms with van der Waals surface area (Å²) in [5.74, 6) is -0.0352. The van der Waals surface area contributed by atoms with Crippen molar-refractivity contribution < 1.29 is 19.7 Å². The van der Waals surface area contributed by atoms with E-state index in [1.807, 2.05) is 0 Å². The smallest absolute Gasteiger partial charge is 0.174 e. The quantitative estimate of drug-likeness (QED) is 0.762. The maximum atomic E-state index is 11.8. The summed E-state index contributed by atoms with van der Waals surface area (Å²) in [7, 11) is 0. The van der Waals surface area contributed by atoms with Crippen molar-refractivity contribution >= 4 is 5.78 Å². The Balaban J connectivity index is 2.64. The lowest BCUT2D eigenvalue weighted by molar-refractivity contribution is 0.0865. The van der Waals surface area contributed by atoms with Crippen LogP contribution < -0.4 is 4.74 Å². The number of aromatic hydroxyl groups is 2. The Bertz CT molecular complexity index is 451. The zero-order chi connectivity index (χ0) is 11.9. The van der Waals surface area contributed by atoms with Gasteiger partial charge in [0.1, 0.15) is 28.9 Å². The van der Waals surface area contributed by atoms with E-state index >= 15 is 0 Å². The van der Waals surface area contributed by atoms with E-state index in [0.717, 1.165) is 0 Å². The van der Waals surface area contributed by atoms with Crippen molar-refractivity contribution in [3.8, 4) is 17.2 Å². The Morgan fingerprint density at radius 1 is 1.50 bits per heavy atom. The summed E-state index contributed by atoms with van der Waals surface area (Å²) >= 11 is 0. The van der Waals surface area contributed by atoms with Gasteiger partial charge in [0.25, 0.3) is 0 Å². The van der Waals surface area contributed by atoms with Crippen LogP contribution in [-0.4, -0.2) is 22.1 Å². The van der Waals surface area contributed by atoms with Crippen LogP contribution in [0.3, 0.4) is 0 Å². The molecular formula is C12H14O4. The van der Waals surface area contributed by atoms with Crippen LogP contribution in [-0.2, 0) is 6.42 Å². The first-order chi connectivity index (χ1) is 7.54. The van der Waals surface area contributed by atoms with Crippen molar-refractivity contribution in [3.63, 3.8) is 0 Å². The van der Waals surface area contributed by atoms with Crippen LogP contribution in [0.1, 0.15) is 36.2 Å². The van der Waals surface area contributed by atoms with Gasteiger partial charge >= 0.3 is 0 Å². The van der Waals surface area contributed by atoms with Gasteiger partial charge in [-0.15, -0.1) is 0 Å². The summed E-state index contributed by atoms with van der Waals surface area (Å²) in [6.45, 7) is 3.58. The third-order valence-electron chi connectivity index (χ3n) is 2.78. The number of ketones is 1.